The fourth-order valence-electron chi connectivity index (χ4n) is 2.28. The minimum Gasteiger partial charge on any atom is -0.373 e. The second-order valence-electron chi connectivity index (χ2n) is 5.08. The largest absolute Gasteiger partial charge is 0.373 e. The highest BCUT2D eigenvalue weighted by Crippen LogP contribution is 2.37. The molecule has 0 aromatic heterocycles. The lowest BCUT2D eigenvalue weighted by atomic mass is 10.0. The average Bonchev–Trinajstić information content (AvgIpc) is 3.12. The number of alkyl halides is 1. The molecule has 16 heavy (non-hydrogen) atoms. The van der Waals surface area contributed by atoms with Crippen molar-refractivity contribution < 1.29 is 9.53 Å². The van der Waals surface area contributed by atoms with Crippen LogP contribution in [0.5, 0.6) is 0 Å². The van der Waals surface area contributed by atoms with Crippen LogP contribution in [0, 0.1) is 11.8 Å². The van der Waals surface area contributed by atoms with Crippen molar-refractivity contribution in [2.24, 2.45) is 11.8 Å². The van der Waals surface area contributed by atoms with E-state index in [-0.39, 0.29) is 18.1 Å². The van der Waals surface area contributed by atoms with Crippen LogP contribution in [0.15, 0.2) is 0 Å². The Labute approximate surface area is 106 Å². The maximum absolute atomic E-state index is 12.3. The molecule has 3 atom stereocenters. The molecular weight excluding hydrogens is 270 g/mol. The van der Waals surface area contributed by atoms with Crippen molar-refractivity contribution in [1.29, 1.82) is 0 Å². The van der Waals surface area contributed by atoms with Gasteiger partial charge in [-0.2, -0.15) is 0 Å². The Hall–Kier alpha value is -0.0900. The van der Waals surface area contributed by atoms with Crippen molar-refractivity contribution in [3.8, 4) is 0 Å². The highest BCUT2D eigenvalue weighted by atomic mass is 79.9. The van der Waals surface area contributed by atoms with Gasteiger partial charge in [-0.3, -0.25) is 4.79 Å². The van der Waals surface area contributed by atoms with Gasteiger partial charge in [0.25, 0.3) is 0 Å². The molecule has 1 aliphatic heterocycles. The molecule has 1 aliphatic carbocycles. The van der Waals surface area contributed by atoms with E-state index in [1.165, 1.54) is 12.8 Å². The normalized spacial score (nSPS) is 32.6. The van der Waals surface area contributed by atoms with Crippen LogP contribution in [0.25, 0.3) is 0 Å². The fourth-order valence-corrected chi connectivity index (χ4v) is 2.67. The smallest absolute Gasteiger partial charge is 0.226 e. The zero-order chi connectivity index (χ0) is 11.7. The molecule has 92 valence electrons. The first-order chi connectivity index (χ1) is 7.63. The van der Waals surface area contributed by atoms with Gasteiger partial charge in [0, 0.05) is 17.8 Å². The minimum atomic E-state index is 0.159. The third kappa shape index (κ3) is 2.59. The van der Waals surface area contributed by atoms with E-state index in [1.807, 2.05) is 4.90 Å². The monoisotopic (exact) mass is 289 g/mol. The van der Waals surface area contributed by atoms with Crippen molar-refractivity contribution in [2.75, 3.05) is 18.5 Å². The number of rotatable bonds is 3. The number of hydrogen-bond donors (Lipinski definition) is 0. The Balaban J connectivity index is 1.96. The summed E-state index contributed by atoms with van der Waals surface area (Å²) in [7, 11) is 0. The highest BCUT2D eigenvalue weighted by Gasteiger charge is 2.38. The van der Waals surface area contributed by atoms with Crippen molar-refractivity contribution >= 4 is 21.8 Å². The Morgan fingerprint density at radius 3 is 2.81 bits per heavy atom. The second kappa shape index (κ2) is 5.05. The van der Waals surface area contributed by atoms with Gasteiger partial charge in [0.1, 0.15) is 0 Å². The van der Waals surface area contributed by atoms with Gasteiger partial charge >= 0.3 is 0 Å². The number of ether oxygens (including phenoxy) is 1. The van der Waals surface area contributed by atoms with Gasteiger partial charge < -0.3 is 9.64 Å². The number of morpholine rings is 1. The van der Waals surface area contributed by atoms with Gasteiger partial charge in [0.05, 0.1) is 18.8 Å². The number of carbonyl (C=O) groups excluding carboxylic acids is 1. The molecule has 3 nitrogen and oxygen atoms in total. The van der Waals surface area contributed by atoms with E-state index in [9.17, 15) is 4.79 Å². The Kier molecular flexibility index (Phi) is 3.90. The average molecular weight is 290 g/mol. The van der Waals surface area contributed by atoms with Crippen LogP contribution in [0.2, 0.25) is 0 Å². The molecule has 3 unspecified atom stereocenters. The first-order valence-corrected chi connectivity index (χ1v) is 7.23. The highest BCUT2D eigenvalue weighted by molar-refractivity contribution is 9.09. The SMILES string of the molecule is CC(C(=O)N1CC(CBr)OCC1C)C1CC1. The molecule has 2 fully saturated rings. The van der Waals surface area contributed by atoms with Crippen LogP contribution < -0.4 is 0 Å². The van der Waals surface area contributed by atoms with Crippen molar-refractivity contribution in [3.05, 3.63) is 0 Å². The second-order valence-corrected chi connectivity index (χ2v) is 5.72. The summed E-state index contributed by atoms with van der Waals surface area (Å²) in [4.78, 5) is 14.3. The quantitative estimate of drug-likeness (QED) is 0.744. The van der Waals surface area contributed by atoms with E-state index >= 15 is 0 Å². The number of nitrogens with zero attached hydrogens (tertiary/aromatic N) is 1. The molecule has 0 radical (unpaired) electrons. The summed E-state index contributed by atoms with van der Waals surface area (Å²) in [6, 6.07) is 0.226. The first kappa shape index (κ1) is 12.4. The molecule has 2 aliphatic rings. The summed E-state index contributed by atoms with van der Waals surface area (Å²) in [5.41, 5.74) is 0. The summed E-state index contributed by atoms with van der Waals surface area (Å²) in [5.74, 6) is 1.17. The number of carbonyl (C=O) groups is 1. The standard InChI is InChI=1S/C12H20BrNO2/c1-8-7-16-11(5-13)6-14(8)12(15)9(2)10-3-4-10/h8-11H,3-7H2,1-2H3. The van der Waals surface area contributed by atoms with Gasteiger partial charge in [-0.25, -0.2) is 0 Å². The molecule has 0 spiro atoms. The van der Waals surface area contributed by atoms with E-state index in [1.54, 1.807) is 0 Å². The molecule has 1 heterocycles. The lowest BCUT2D eigenvalue weighted by Gasteiger charge is -2.39. The fraction of sp³-hybridized carbons (Fsp3) is 0.917. The summed E-state index contributed by atoms with van der Waals surface area (Å²) in [5, 5.41) is 0.807. The van der Waals surface area contributed by atoms with Gasteiger partial charge in [-0.1, -0.05) is 22.9 Å². The van der Waals surface area contributed by atoms with Gasteiger partial charge in [-0.15, -0.1) is 0 Å². The summed E-state index contributed by atoms with van der Waals surface area (Å²) in [6.07, 6.45) is 2.62. The molecule has 1 saturated carbocycles. The molecule has 4 heteroatoms. The van der Waals surface area contributed by atoms with Gasteiger partial charge in [-0.05, 0) is 25.7 Å². The summed E-state index contributed by atoms with van der Waals surface area (Å²) in [6.45, 7) is 5.55. The third-order valence-electron chi connectivity index (χ3n) is 3.68. The Bertz CT molecular complexity index is 268. The maximum Gasteiger partial charge on any atom is 0.226 e. The summed E-state index contributed by atoms with van der Waals surface area (Å²) < 4.78 is 5.63. The molecule has 0 bridgehead atoms. The Morgan fingerprint density at radius 2 is 2.25 bits per heavy atom. The van der Waals surface area contributed by atoms with Gasteiger partial charge in [0.15, 0.2) is 0 Å². The van der Waals surface area contributed by atoms with Crippen LogP contribution >= 0.6 is 15.9 Å². The van der Waals surface area contributed by atoms with E-state index in [4.69, 9.17) is 4.74 Å². The minimum absolute atomic E-state index is 0.159. The predicted molar refractivity (Wildman–Crippen MR) is 66.6 cm³/mol. The van der Waals surface area contributed by atoms with Crippen LogP contribution in [-0.2, 0) is 9.53 Å². The van der Waals surface area contributed by atoms with Crippen molar-refractivity contribution in [2.45, 2.75) is 38.8 Å². The molecule has 0 aromatic carbocycles. The maximum atomic E-state index is 12.3. The van der Waals surface area contributed by atoms with Crippen LogP contribution in [-0.4, -0.2) is 41.4 Å². The van der Waals surface area contributed by atoms with Gasteiger partial charge in [0.2, 0.25) is 5.91 Å². The van der Waals surface area contributed by atoms with E-state index in [0.717, 1.165) is 11.9 Å². The topological polar surface area (TPSA) is 29.5 Å². The predicted octanol–water partition coefficient (Wildman–Crippen LogP) is 2.04. The van der Waals surface area contributed by atoms with Crippen LogP contribution in [0.3, 0.4) is 0 Å². The molecule has 0 N–H and O–H groups in total. The van der Waals surface area contributed by atoms with E-state index in [2.05, 4.69) is 29.8 Å². The molecule has 1 amide bonds. The van der Waals surface area contributed by atoms with Crippen LogP contribution in [0.4, 0.5) is 0 Å². The van der Waals surface area contributed by atoms with Crippen LogP contribution in [0.1, 0.15) is 26.7 Å². The molecule has 1 saturated heterocycles. The first-order valence-electron chi connectivity index (χ1n) is 6.11. The number of halogens is 1. The number of hydrogen-bond acceptors (Lipinski definition) is 2. The zero-order valence-electron chi connectivity index (χ0n) is 9.99. The van der Waals surface area contributed by atoms with Crippen molar-refractivity contribution in [1.82, 2.24) is 4.90 Å². The molecule has 2 rings (SSSR count). The molecular formula is C12H20BrNO2. The lowest BCUT2D eigenvalue weighted by Crippen LogP contribution is -2.53. The van der Waals surface area contributed by atoms with E-state index < -0.39 is 0 Å². The third-order valence-corrected chi connectivity index (χ3v) is 4.40. The zero-order valence-corrected chi connectivity index (χ0v) is 11.6. The number of amides is 1. The Morgan fingerprint density at radius 1 is 1.56 bits per heavy atom. The van der Waals surface area contributed by atoms with E-state index in [0.29, 0.717) is 18.4 Å². The van der Waals surface area contributed by atoms with Crippen molar-refractivity contribution in [3.63, 3.8) is 0 Å². The molecule has 0 aromatic rings. The lowest BCUT2D eigenvalue weighted by molar-refractivity contribution is -0.147. The summed E-state index contributed by atoms with van der Waals surface area (Å²) >= 11 is 3.42.